The highest BCUT2D eigenvalue weighted by Crippen LogP contribution is 2.25. The standard InChI is InChI=1S/C14H20Cl2N2O/c1-8(2)6-13(17)14(19)18-9(3)10-4-5-11(15)12(16)7-10/h4-5,7-9,13H,6,17H2,1-3H3,(H,18,19)/t9?,13-/m1/s1. The Morgan fingerprint density at radius 2 is 1.89 bits per heavy atom. The van der Waals surface area contributed by atoms with E-state index in [0.717, 1.165) is 5.56 Å². The molecule has 1 aromatic carbocycles. The number of amides is 1. The Labute approximate surface area is 124 Å². The summed E-state index contributed by atoms with van der Waals surface area (Å²) in [7, 11) is 0. The van der Waals surface area contributed by atoms with Crippen LogP contribution in [0, 0.1) is 5.92 Å². The first-order valence-corrected chi connectivity index (χ1v) is 7.07. The van der Waals surface area contributed by atoms with Gasteiger partial charge in [-0.05, 0) is 37.0 Å². The van der Waals surface area contributed by atoms with E-state index in [2.05, 4.69) is 5.32 Å². The Hall–Kier alpha value is -0.770. The van der Waals surface area contributed by atoms with Gasteiger partial charge in [-0.2, -0.15) is 0 Å². The van der Waals surface area contributed by atoms with Crippen molar-refractivity contribution >= 4 is 29.1 Å². The Bertz CT molecular complexity index is 449. The van der Waals surface area contributed by atoms with Crippen molar-refractivity contribution in [1.29, 1.82) is 0 Å². The van der Waals surface area contributed by atoms with E-state index < -0.39 is 6.04 Å². The Morgan fingerprint density at radius 1 is 1.26 bits per heavy atom. The van der Waals surface area contributed by atoms with Gasteiger partial charge in [-0.15, -0.1) is 0 Å². The van der Waals surface area contributed by atoms with Crippen molar-refractivity contribution in [1.82, 2.24) is 5.32 Å². The molecular formula is C14H20Cl2N2O. The molecule has 1 rings (SSSR count). The molecule has 0 heterocycles. The first-order valence-electron chi connectivity index (χ1n) is 6.32. The number of hydrogen-bond donors (Lipinski definition) is 2. The van der Waals surface area contributed by atoms with Gasteiger partial charge < -0.3 is 11.1 Å². The average Bonchev–Trinajstić information content (AvgIpc) is 2.31. The molecule has 5 heteroatoms. The summed E-state index contributed by atoms with van der Waals surface area (Å²) < 4.78 is 0. The van der Waals surface area contributed by atoms with Crippen molar-refractivity contribution in [2.45, 2.75) is 39.3 Å². The largest absolute Gasteiger partial charge is 0.348 e. The Morgan fingerprint density at radius 3 is 2.42 bits per heavy atom. The SMILES string of the molecule is CC(C)C[C@@H](N)C(=O)NC(C)c1ccc(Cl)c(Cl)c1. The van der Waals surface area contributed by atoms with Gasteiger partial charge in [0.1, 0.15) is 0 Å². The molecule has 1 amide bonds. The van der Waals surface area contributed by atoms with Gasteiger partial charge in [0.25, 0.3) is 0 Å². The van der Waals surface area contributed by atoms with E-state index in [4.69, 9.17) is 28.9 Å². The lowest BCUT2D eigenvalue weighted by Gasteiger charge is -2.19. The van der Waals surface area contributed by atoms with Gasteiger partial charge in [0.2, 0.25) is 5.91 Å². The molecule has 0 aliphatic heterocycles. The minimum Gasteiger partial charge on any atom is -0.348 e. The zero-order chi connectivity index (χ0) is 14.6. The normalized spacial score (nSPS) is 14.3. The van der Waals surface area contributed by atoms with E-state index in [1.807, 2.05) is 26.8 Å². The van der Waals surface area contributed by atoms with Gasteiger partial charge in [0, 0.05) is 0 Å². The summed E-state index contributed by atoms with van der Waals surface area (Å²) in [4.78, 5) is 11.9. The van der Waals surface area contributed by atoms with Crippen LogP contribution < -0.4 is 11.1 Å². The highest BCUT2D eigenvalue weighted by Gasteiger charge is 2.18. The maximum Gasteiger partial charge on any atom is 0.237 e. The van der Waals surface area contributed by atoms with Crippen LogP contribution >= 0.6 is 23.2 Å². The fourth-order valence-electron chi connectivity index (χ4n) is 1.80. The molecule has 0 saturated heterocycles. The van der Waals surface area contributed by atoms with Crippen molar-refractivity contribution in [2.24, 2.45) is 11.7 Å². The molecule has 0 spiro atoms. The molecule has 0 aliphatic rings. The molecule has 0 saturated carbocycles. The molecule has 0 fully saturated rings. The van der Waals surface area contributed by atoms with Crippen molar-refractivity contribution in [3.63, 3.8) is 0 Å². The lowest BCUT2D eigenvalue weighted by molar-refractivity contribution is -0.123. The zero-order valence-corrected chi connectivity index (χ0v) is 12.9. The molecule has 0 bridgehead atoms. The summed E-state index contributed by atoms with van der Waals surface area (Å²) in [6.45, 7) is 5.96. The number of nitrogens with one attached hydrogen (secondary N) is 1. The van der Waals surface area contributed by atoms with Crippen LogP contribution in [0.5, 0.6) is 0 Å². The maximum atomic E-state index is 11.9. The van der Waals surface area contributed by atoms with Crippen LogP contribution in [-0.2, 0) is 4.79 Å². The van der Waals surface area contributed by atoms with Crippen molar-refractivity contribution in [3.05, 3.63) is 33.8 Å². The van der Waals surface area contributed by atoms with Crippen LogP contribution in [0.2, 0.25) is 10.0 Å². The minimum absolute atomic E-state index is 0.146. The van der Waals surface area contributed by atoms with Crippen molar-refractivity contribution in [2.75, 3.05) is 0 Å². The van der Waals surface area contributed by atoms with E-state index >= 15 is 0 Å². The molecule has 1 aromatic rings. The number of hydrogen-bond acceptors (Lipinski definition) is 2. The van der Waals surface area contributed by atoms with Gasteiger partial charge >= 0.3 is 0 Å². The highest BCUT2D eigenvalue weighted by molar-refractivity contribution is 6.42. The van der Waals surface area contributed by atoms with Crippen LogP contribution in [0.4, 0.5) is 0 Å². The second-order valence-electron chi connectivity index (χ2n) is 5.14. The molecule has 1 unspecified atom stereocenters. The molecule has 0 radical (unpaired) electrons. The van der Waals surface area contributed by atoms with Gasteiger partial charge in [-0.1, -0.05) is 43.1 Å². The van der Waals surface area contributed by atoms with Crippen LogP contribution in [-0.4, -0.2) is 11.9 Å². The molecule has 3 nitrogen and oxygen atoms in total. The molecule has 0 aliphatic carbocycles. The smallest absolute Gasteiger partial charge is 0.237 e. The van der Waals surface area contributed by atoms with E-state index in [0.29, 0.717) is 22.4 Å². The monoisotopic (exact) mass is 302 g/mol. The van der Waals surface area contributed by atoms with E-state index in [9.17, 15) is 4.79 Å². The summed E-state index contributed by atoms with van der Waals surface area (Å²) in [5, 5.41) is 3.86. The predicted molar refractivity (Wildman–Crippen MR) is 80.5 cm³/mol. The first-order chi connectivity index (χ1) is 8.81. The number of halogens is 2. The average molecular weight is 303 g/mol. The fraction of sp³-hybridized carbons (Fsp3) is 0.500. The van der Waals surface area contributed by atoms with Crippen LogP contribution in [0.15, 0.2) is 18.2 Å². The first kappa shape index (κ1) is 16.3. The minimum atomic E-state index is -0.481. The van der Waals surface area contributed by atoms with E-state index in [1.165, 1.54) is 0 Å². The van der Waals surface area contributed by atoms with E-state index in [-0.39, 0.29) is 11.9 Å². The quantitative estimate of drug-likeness (QED) is 0.874. The Kier molecular flexibility index (Phi) is 6.11. The maximum absolute atomic E-state index is 11.9. The van der Waals surface area contributed by atoms with Crippen LogP contribution in [0.1, 0.15) is 38.8 Å². The van der Waals surface area contributed by atoms with Gasteiger partial charge in [-0.3, -0.25) is 4.79 Å². The summed E-state index contributed by atoms with van der Waals surface area (Å²) in [6.07, 6.45) is 0.667. The Balaban J connectivity index is 2.66. The lowest BCUT2D eigenvalue weighted by Crippen LogP contribution is -2.42. The number of carbonyl (C=O) groups excluding carboxylic acids is 1. The molecule has 0 aromatic heterocycles. The third-order valence-corrected chi connectivity index (χ3v) is 3.60. The van der Waals surface area contributed by atoms with Gasteiger partial charge in [0.15, 0.2) is 0 Å². The van der Waals surface area contributed by atoms with Crippen LogP contribution in [0.25, 0.3) is 0 Å². The second-order valence-corrected chi connectivity index (χ2v) is 5.95. The summed E-state index contributed by atoms with van der Waals surface area (Å²) in [5.41, 5.74) is 6.74. The number of rotatable bonds is 5. The van der Waals surface area contributed by atoms with Crippen molar-refractivity contribution in [3.8, 4) is 0 Å². The fourth-order valence-corrected chi connectivity index (χ4v) is 2.11. The zero-order valence-electron chi connectivity index (χ0n) is 11.4. The van der Waals surface area contributed by atoms with Crippen molar-refractivity contribution < 1.29 is 4.79 Å². The number of benzene rings is 1. The summed E-state index contributed by atoms with van der Waals surface area (Å²) >= 11 is 11.8. The molecule has 106 valence electrons. The number of carbonyl (C=O) groups is 1. The van der Waals surface area contributed by atoms with Gasteiger partial charge in [-0.25, -0.2) is 0 Å². The molecule has 19 heavy (non-hydrogen) atoms. The number of nitrogens with two attached hydrogens (primary N) is 1. The topological polar surface area (TPSA) is 55.1 Å². The van der Waals surface area contributed by atoms with Gasteiger partial charge in [0.05, 0.1) is 22.1 Å². The van der Waals surface area contributed by atoms with E-state index in [1.54, 1.807) is 12.1 Å². The summed E-state index contributed by atoms with van der Waals surface area (Å²) in [5.74, 6) is 0.244. The molecular weight excluding hydrogens is 283 g/mol. The third-order valence-electron chi connectivity index (χ3n) is 2.86. The van der Waals surface area contributed by atoms with Crippen LogP contribution in [0.3, 0.4) is 0 Å². The predicted octanol–water partition coefficient (Wildman–Crippen LogP) is 3.54. The highest BCUT2D eigenvalue weighted by atomic mass is 35.5. The molecule has 3 N–H and O–H groups in total. The second kappa shape index (κ2) is 7.13. The molecule has 2 atom stereocenters. The summed E-state index contributed by atoms with van der Waals surface area (Å²) in [6, 6.07) is 4.68. The third kappa shape index (κ3) is 5.01. The lowest BCUT2D eigenvalue weighted by atomic mass is 10.0.